The molecule has 4 nitrogen and oxygen atoms in total. The van der Waals surface area contributed by atoms with Crippen LogP contribution in [0.25, 0.3) is 0 Å². The van der Waals surface area contributed by atoms with Crippen LogP contribution in [0.4, 0.5) is 0 Å². The second kappa shape index (κ2) is 5.61. The van der Waals surface area contributed by atoms with Crippen molar-refractivity contribution in [3.05, 3.63) is 23.8 Å². The molecule has 0 bridgehead atoms. The van der Waals surface area contributed by atoms with E-state index >= 15 is 0 Å². The van der Waals surface area contributed by atoms with Crippen molar-refractivity contribution in [1.82, 2.24) is 5.32 Å². The summed E-state index contributed by atoms with van der Waals surface area (Å²) in [4.78, 5) is 11.5. The summed E-state index contributed by atoms with van der Waals surface area (Å²) in [6.45, 7) is 2.32. The Balaban J connectivity index is 2.56. The van der Waals surface area contributed by atoms with Crippen LogP contribution in [0.3, 0.4) is 0 Å². The molecule has 1 rings (SSSR count). The van der Waals surface area contributed by atoms with Gasteiger partial charge in [0.05, 0.1) is 0 Å². The molecule has 88 valence electrons. The van der Waals surface area contributed by atoms with Crippen molar-refractivity contribution >= 4 is 17.5 Å². The average molecular weight is 244 g/mol. The fraction of sp³-hybridized carbons (Fsp3) is 0.364. The van der Waals surface area contributed by atoms with Crippen LogP contribution in [-0.4, -0.2) is 28.0 Å². The van der Waals surface area contributed by atoms with E-state index < -0.39 is 0 Å². The number of carbonyl (C=O) groups excluding carboxylic acids is 1. The highest BCUT2D eigenvalue weighted by Crippen LogP contribution is 2.24. The zero-order chi connectivity index (χ0) is 12.1. The summed E-state index contributed by atoms with van der Waals surface area (Å²) in [6.07, 6.45) is 0.678. The molecule has 0 spiro atoms. The summed E-state index contributed by atoms with van der Waals surface area (Å²) in [6, 6.07) is 3.93. The predicted molar refractivity (Wildman–Crippen MR) is 62.0 cm³/mol. The van der Waals surface area contributed by atoms with Gasteiger partial charge < -0.3 is 15.5 Å². The van der Waals surface area contributed by atoms with Gasteiger partial charge in [0.15, 0.2) is 11.5 Å². The van der Waals surface area contributed by atoms with Gasteiger partial charge in [0.1, 0.15) is 0 Å². The summed E-state index contributed by atoms with van der Waals surface area (Å²) in [5.41, 5.74) is 0.303. The Morgan fingerprint density at radius 2 is 2.12 bits per heavy atom. The molecule has 0 aliphatic carbocycles. The Morgan fingerprint density at radius 3 is 2.69 bits per heavy atom. The van der Waals surface area contributed by atoms with Crippen LogP contribution in [0.2, 0.25) is 0 Å². The average Bonchev–Trinajstić information content (AvgIpc) is 2.21. The summed E-state index contributed by atoms with van der Waals surface area (Å²) in [7, 11) is 0. The van der Waals surface area contributed by atoms with E-state index in [2.05, 4.69) is 5.32 Å². The molecule has 0 aliphatic rings. The van der Waals surface area contributed by atoms with Crippen molar-refractivity contribution in [3.63, 3.8) is 0 Å². The minimum Gasteiger partial charge on any atom is -0.504 e. The van der Waals surface area contributed by atoms with Gasteiger partial charge in [-0.05, 0) is 31.5 Å². The molecule has 3 N–H and O–H groups in total. The van der Waals surface area contributed by atoms with Crippen molar-refractivity contribution < 1.29 is 15.0 Å². The highest BCUT2D eigenvalue weighted by molar-refractivity contribution is 6.20. The third-order valence-corrected chi connectivity index (χ3v) is 2.28. The number of carbonyl (C=O) groups is 1. The van der Waals surface area contributed by atoms with Gasteiger partial charge in [-0.1, -0.05) is 0 Å². The molecular weight excluding hydrogens is 230 g/mol. The van der Waals surface area contributed by atoms with Crippen LogP contribution in [-0.2, 0) is 0 Å². The first-order valence-electron chi connectivity index (χ1n) is 4.95. The Labute approximate surface area is 98.9 Å². The van der Waals surface area contributed by atoms with Crippen LogP contribution >= 0.6 is 11.6 Å². The van der Waals surface area contributed by atoms with E-state index in [9.17, 15) is 9.90 Å². The summed E-state index contributed by atoms with van der Waals surface area (Å²) >= 11 is 5.73. The molecule has 1 atom stereocenters. The van der Waals surface area contributed by atoms with E-state index in [-0.39, 0.29) is 22.8 Å². The Morgan fingerprint density at radius 1 is 1.44 bits per heavy atom. The predicted octanol–water partition coefficient (Wildman–Crippen LogP) is 1.85. The van der Waals surface area contributed by atoms with Gasteiger partial charge in [0, 0.05) is 17.5 Å². The molecule has 1 aromatic rings. The van der Waals surface area contributed by atoms with Crippen LogP contribution in [0.15, 0.2) is 18.2 Å². The maximum Gasteiger partial charge on any atom is 0.251 e. The van der Waals surface area contributed by atoms with E-state index in [0.29, 0.717) is 18.5 Å². The molecule has 0 saturated heterocycles. The molecule has 0 radical (unpaired) electrons. The summed E-state index contributed by atoms with van der Waals surface area (Å²) < 4.78 is 0. The molecule has 1 aromatic carbocycles. The second-order valence-corrected chi connectivity index (χ2v) is 4.27. The lowest BCUT2D eigenvalue weighted by Gasteiger charge is -2.06. The number of nitrogens with one attached hydrogen (secondary N) is 1. The summed E-state index contributed by atoms with van der Waals surface area (Å²) in [5, 5.41) is 21.0. The van der Waals surface area contributed by atoms with Crippen molar-refractivity contribution in [2.75, 3.05) is 6.54 Å². The lowest BCUT2D eigenvalue weighted by atomic mass is 10.2. The third kappa shape index (κ3) is 3.62. The van der Waals surface area contributed by atoms with Crippen molar-refractivity contribution in [3.8, 4) is 11.5 Å². The number of hydrogen-bond donors (Lipinski definition) is 3. The first kappa shape index (κ1) is 12.6. The van der Waals surface area contributed by atoms with Crippen LogP contribution in [0.5, 0.6) is 11.5 Å². The largest absolute Gasteiger partial charge is 0.504 e. The van der Waals surface area contributed by atoms with Crippen molar-refractivity contribution in [1.29, 1.82) is 0 Å². The third-order valence-electron chi connectivity index (χ3n) is 2.07. The Hall–Kier alpha value is -1.42. The zero-order valence-corrected chi connectivity index (χ0v) is 9.66. The van der Waals surface area contributed by atoms with E-state index in [4.69, 9.17) is 16.7 Å². The number of phenolic OH excluding ortho intramolecular Hbond substituents is 2. The first-order valence-corrected chi connectivity index (χ1v) is 5.38. The monoisotopic (exact) mass is 243 g/mol. The number of aromatic hydroxyl groups is 2. The fourth-order valence-corrected chi connectivity index (χ4v) is 1.26. The molecule has 1 amide bonds. The Bertz CT molecular complexity index is 379. The fourth-order valence-electron chi connectivity index (χ4n) is 1.15. The first-order chi connectivity index (χ1) is 7.50. The minimum absolute atomic E-state index is 0.00789. The maximum atomic E-state index is 11.5. The molecule has 5 heteroatoms. The number of hydrogen-bond acceptors (Lipinski definition) is 3. The highest BCUT2D eigenvalue weighted by atomic mass is 35.5. The van der Waals surface area contributed by atoms with Gasteiger partial charge in [-0.15, -0.1) is 11.6 Å². The van der Waals surface area contributed by atoms with E-state index in [1.54, 1.807) is 0 Å². The molecule has 0 aromatic heterocycles. The SMILES string of the molecule is CC(Cl)CCNC(=O)c1ccc(O)c(O)c1. The molecule has 0 aliphatic heterocycles. The number of rotatable bonds is 4. The van der Waals surface area contributed by atoms with Crippen molar-refractivity contribution in [2.45, 2.75) is 18.7 Å². The summed E-state index contributed by atoms with van der Waals surface area (Å²) in [5.74, 6) is -0.850. The molecule has 0 heterocycles. The van der Waals surface area contributed by atoms with E-state index in [1.807, 2.05) is 6.92 Å². The molecule has 0 saturated carbocycles. The van der Waals surface area contributed by atoms with E-state index in [1.165, 1.54) is 18.2 Å². The minimum atomic E-state index is -0.307. The van der Waals surface area contributed by atoms with Gasteiger partial charge in [0.2, 0.25) is 0 Å². The van der Waals surface area contributed by atoms with Gasteiger partial charge in [-0.3, -0.25) is 4.79 Å². The quantitative estimate of drug-likeness (QED) is 0.558. The molecule has 0 fully saturated rings. The topological polar surface area (TPSA) is 69.6 Å². The molecule has 16 heavy (non-hydrogen) atoms. The Kier molecular flexibility index (Phi) is 4.43. The van der Waals surface area contributed by atoms with Crippen LogP contribution in [0.1, 0.15) is 23.7 Å². The second-order valence-electron chi connectivity index (χ2n) is 3.53. The smallest absolute Gasteiger partial charge is 0.251 e. The number of halogens is 1. The standard InChI is InChI=1S/C11H14ClNO3/c1-7(12)4-5-13-11(16)8-2-3-9(14)10(15)6-8/h2-3,6-7,14-15H,4-5H2,1H3,(H,13,16). The lowest BCUT2D eigenvalue weighted by Crippen LogP contribution is -2.25. The number of amides is 1. The number of phenols is 2. The van der Waals surface area contributed by atoms with Crippen LogP contribution in [0, 0.1) is 0 Å². The zero-order valence-electron chi connectivity index (χ0n) is 8.90. The van der Waals surface area contributed by atoms with E-state index in [0.717, 1.165) is 0 Å². The van der Waals surface area contributed by atoms with Gasteiger partial charge in [-0.2, -0.15) is 0 Å². The van der Waals surface area contributed by atoms with Crippen LogP contribution < -0.4 is 5.32 Å². The normalized spacial score (nSPS) is 12.1. The maximum absolute atomic E-state index is 11.5. The highest BCUT2D eigenvalue weighted by Gasteiger charge is 2.08. The lowest BCUT2D eigenvalue weighted by molar-refractivity contribution is 0.0953. The van der Waals surface area contributed by atoms with Gasteiger partial charge >= 0.3 is 0 Å². The van der Waals surface area contributed by atoms with Gasteiger partial charge in [-0.25, -0.2) is 0 Å². The van der Waals surface area contributed by atoms with Crippen molar-refractivity contribution in [2.24, 2.45) is 0 Å². The number of benzene rings is 1. The molecule has 1 unspecified atom stereocenters. The number of alkyl halides is 1. The van der Waals surface area contributed by atoms with Gasteiger partial charge in [0.25, 0.3) is 5.91 Å². The molecular formula is C11H14ClNO3.